The molecule has 2 aromatic rings. The fraction of sp³-hybridized carbons (Fsp3) is 0.600. The molecule has 12 nitrogen and oxygen atoms in total. The van der Waals surface area contributed by atoms with Crippen LogP contribution in [-0.2, 0) is 41.7 Å². The van der Waals surface area contributed by atoms with E-state index in [1.807, 2.05) is 0 Å². The van der Waals surface area contributed by atoms with E-state index < -0.39 is 72.1 Å². The zero-order valence-electron chi connectivity index (χ0n) is 32.6. The first-order chi connectivity index (χ1) is 26.5. The number of ether oxygens (including phenoxy) is 6. The largest absolute Gasteiger partial charge is 0.497 e. The molecule has 308 valence electrons. The molecule has 4 fully saturated rings. The van der Waals surface area contributed by atoms with Crippen LogP contribution in [0.15, 0.2) is 36.4 Å². The van der Waals surface area contributed by atoms with Crippen LogP contribution in [0.4, 0.5) is 17.6 Å². The second-order valence-electron chi connectivity index (χ2n) is 15.2. The topological polar surface area (TPSA) is 130 Å². The maximum atomic E-state index is 14.4. The molecule has 0 aromatic heterocycles. The summed E-state index contributed by atoms with van der Waals surface area (Å²) in [7, 11) is 8.50. The molecule has 2 aliphatic heterocycles. The van der Waals surface area contributed by atoms with Crippen LogP contribution in [-0.4, -0.2) is 101 Å². The molecule has 2 spiro atoms. The van der Waals surface area contributed by atoms with E-state index in [9.17, 15) is 36.7 Å². The van der Waals surface area contributed by atoms with E-state index in [0.717, 1.165) is 11.1 Å². The van der Waals surface area contributed by atoms with Crippen molar-refractivity contribution in [3.63, 3.8) is 0 Å². The predicted octanol–water partition coefficient (Wildman–Crippen LogP) is 6.06. The van der Waals surface area contributed by atoms with Gasteiger partial charge in [0.25, 0.3) is 0 Å². The third-order valence-corrected chi connectivity index (χ3v) is 11.5. The third-order valence-electron chi connectivity index (χ3n) is 11.5. The van der Waals surface area contributed by atoms with Crippen molar-refractivity contribution in [2.45, 2.75) is 76.3 Å². The molecule has 0 N–H and O–H groups in total. The van der Waals surface area contributed by atoms with Crippen molar-refractivity contribution in [2.75, 3.05) is 55.7 Å². The first-order valence-electron chi connectivity index (χ1n) is 18.4. The predicted molar refractivity (Wildman–Crippen MR) is 193 cm³/mol. The number of carbonyl (C=O) groups excluding carboxylic acids is 4. The molecule has 2 saturated carbocycles. The molecule has 2 aromatic carbocycles. The Bertz CT molecular complexity index is 1670. The summed E-state index contributed by atoms with van der Waals surface area (Å²) in [5, 5.41) is 0. The van der Waals surface area contributed by atoms with Crippen molar-refractivity contribution >= 4 is 23.8 Å². The van der Waals surface area contributed by atoms with Crippen molar-refractivity contribution in [1.82, 2.24) is 9.80 Å². The summed E-state index contributed by atoms with van der Waals surface area (Å²) in [6.07, 6.45) is -1.39. The number of carbonyl (C=O) groups is 4. The number of methoxy groups -OCH3 is 6. The Hall–Kier alpha value is -4.76. The van der Waals surface area contributed by atoms with Gasteiger partial charge in [-0.1, -0.05) is 0 Å². The zero-order chi connectivity index (χ0) is 41.1. The van der Waals surface area contributed by atoms with Crippen LogP contribution in [0, 0.1) is 22.7 Å². The van der Waals surface area contributed by atoms with Gasteiger partial charge < -0.3 is 38.2 Å². The van der Waals surface area contributed by atoms with Crippen LogP contribution in [0.25, 0.3) is 0 Å². The molecule has 2 saturated heterocycles. The average Bonchev–Trinajstić information content (AvgIpc) is 3.62. The number of halogens is 4. The Morgan fingerprint density at radius 2 is 0.982 bits per heavy atom. The van der Waals surface area contributed by atoms with Gasteiger partial charge in [0.2, 0.25) is 23.7 Å². The van der Waals surface area contributed by atoms with Gasteiger partial charge in [0.1, 0.15) is 23.0 Å². The van der Waals surface area contributed by atoms with Crippen LogP contribution in [0.3, 0.4) is 0 Å². The van der Waals surface area contributed by atoms with Gasteiger partial charge in [-0.15, -0.1) is 0 Å². The number of alkyl halides is 4. The summed E-state index contributed by atoms with van der Waals surface area (Å²) in [5.74, 6) is -7.72. The molecule has 0 radical (unpaired) electrons. The number of hydrogen-bond donors (Lipinski definition) is 0. The highest BCUT2D eigenvalue weighted by Gasteiger charge is 2.60. The van der Waals surface area contributed by atoms with E-state index >= 15 is 0 Å². The van der Waals surface area contributed by atoms with E-state index in [-0.39, 0.29) is 37.7 Å². The first kappa shape index (κ1) is 42.4. The highest BCUT2D eigenvalue weighted by Crippen LogP contribution is 2.54. The number of rotatable bonds is 10. The maximum Gasteiger partial charge on any atom is 0.308 e. The third kappa shape index (κ3) is 8.94. The van der Waals surface area contributed by atoms with Crippen LogP contribution < -0.4 is 18.9 Å². The monoisotopic (exact) mass is 794 g/mol. The molecule has 2 aliphatic carbocycles. The molecule has 2 amide bonds. The highest BCUT2D eigenvalue weighted by molar-refractivity contribution is 5.87. The van der Waals surface area contributed by atoms with Crippen molar-refractivity contribution < 1.29 is 65.2 Å². The lowest BCUT2D eigenvalue weighted by molar-refractivity contribution is -0.166. The fourth-order valence-electron chi connectivity index (χ4n) is 8.92. The van der Waals surface area contributed by atoms with Gasteiger partial charge in [-0.2, -0.15) is 0 Å². The molecular formula is C40H50F4N2O10. The lowest BCUT2D eigenvalue weighted by Crippen LogP contribution is -2.46. The summed E-state index contributed by atoms with van der Waals surface area (Å²) in [4.78, 5) is 53.2. The number of amides is 2. The van der Waals surface area contributed by atoms with E-state index in [1.165, 1.54) is 28.4 Å². The van der Waals surface area contributed by atoms with Gasteiger partial charge in [0.05, 0.1) is 65.3 Å². The summed E-state index contributed by atoms with van der Waals surface area (Å²) in [5.41, 5.74) is -0.915. The average molecular weight is 795 g/mol. The van der Waals surface area contributed by atoms with Gasteiger partial charge in [-0.3, -0.25) is 19.2 Å². The summed E-state index contributed by atoms with van der Waals surface area (Å²) in [6, 6.07) is 10.5. The van der Waals surface area contributed by atoms with Crippen molar-refractivity contribution in [3.05, 3.63) is 47.5 Å². The minimum atomic E-state index is -3.07. The Morgan fingerprint density at radius 1 is 0.607 bits per heavy atom. The molecular weight excluding hydrogens is 744 g/mol. The van der Waals surface area contributed by atoms with Crippen LogP contribution in [0.1, 0.15) is 62.5 Å². The fourth-order valence-corrected chi connectivity index (χ4v) is 8.92. The van der Waals surface area contributed by atoms with E-state index in [1.54, 1.807) is 60.4 Å². The molecule has 56 heavy (non-hydrogen) atoms. The lowest BCUT2D eigenvalue weighted by atomic mass is 9.67. The smallest absolute Gasteiger partial charge is 0.308 e. The highest BCUT2D eigenvalue weighted by atomic mass is 19.3. The van der Waals surface area contributed by atoms with Gasteiger partial charge in [0, 0.05) is 75.1 Å². The molecule has 16 heteroatoms. The minimum absolute atomic E-state index is 0.102. The number of benzene rings is 2. The summed E-state index contributed by atoms with van der Waals surface area (Å²) in [6.45, 7) is 1.22. The van der Waals surface area contributed by atoms with Crippen LogP contribution in [0.2, 0.25) is 0 Å². The number of esters is 2. The van der Waals surface area contributed by atoms with Gasteiger partial charge in [-0.25, -0.2) is 17.6 Å². The maximum absolute atomic E-state index is 14.4. The first-order valence-corrected chi connectivity index (χ1v) is 18.4. The van der Waals surface area contributed by atoms with Crippen molar-refractivity contribution in [3.8, 4) is 23.0 Å². The summed E-state index contributed by atoms with van der Waals surface area (Å²) >= 11 is 0. The van der Waals surface area contributed by atoms with Gasteiger partial charge >= 0.3 is 11.9 Å². The Morgan fingerprint density at radius 3 is 1.30 bits per heavy atom. The Kier molecular flexibility index (Phi) is 12.7. The molecule has 6 rings (SSSR count). The normalized spacial score (nSPS) is 26.4. The molecule has 4 aliphatic rings. The Labute approximate surface area is 323 Å². The quantitative estimate of drug-likeness (QED) is 0.207. The second-order valence-corrected chi connectivity index (χ2v) is 15.2. The number of hydrogen-bond acceptors (Lipinski definition) is 10. The zero-order valence-corrected chi connectivity index (χ0v) is 32.6. The molecule has 4 atom stereocenters. The van der Waals surface area contributed by atoms with E-state index in [2.05, 4.69) is 9.47 Å². The van der Waals surface area contributed by atoms with Crippen LogP contribution >= 0.6 is 0 Å². The minimum Gasteiger partial charge on any atom is -0.497 e. The molecule has 2 unspecified atom stereocenters. The number of likely N-dealkylation sites (tertiary alicyclic amines) is 2. The van der Waals surface area contributed by atoms with E-state index in [4.69, 9.17) is 18.9 Å². The standard InChI is InChI=1S/2C20H25F2NO5/c2*1-26-15-5-4-13(16(8-15)27-2)11-23-7-6-19(18(23)25)9-14(17(24)28-3)10-20(21,22)12-19/h2*4-5,8,14H,6-7,9-12H2,1-3H3/t14-,19+;/m0./s1. The van der Waals surface area contributed by atoms with Crippen molar-refractivity contribution in [2.24, 2.45) is 22.7 Å². The Balaban J connectivity index is 0.000000214. The van der Waals surface area contributed by atoms with Gasteiger partial charge in [0.15, 0.2) is 0 Å². The van der Waals surface area contributed by atoms with Crippen LogP contribution in [0.5, 0.6) is 23.0 Å². The second kappa shape index (κ2) is 16.8. The lowest BCUT2D eigenvalue weighted by Gasteiger charge is -2.39. The molecule has 0 bridgehead atoms. The SMILES string of the molecule is COC(=O)C1CC(F)(F)CC2(CCN(Cc3ccc(OC)cc3OC)C2=O)C1.COC(=O)[C@@H]1CC(F)(F)C[C@@]2(CCN(Cc3ccc(OC)cc3OC)C2=O)C1. The molecule has 2 heterocycles. The van der Waals surface area contributed by atoms with E-state index in [0.29, 0.717) is 48.9 Å². The van der Waals surface area contributed by atoms with Crippen molar-refractivity contribution in [1.29, 1.82) is 0 Å². The van der Waals surface area contributed by atoms with Gasteiger partial charge in [-0.05, 0) is 49.9 Å². The summed E-state index contributed by atoms with van der Waals surface area (Å²) < 4.78 is 87.9. The number of nitrogens with zero attached hydrogens (tertiary/aromatic N) is 2.